The van der Waals surface area contributed by atoms with Crippen LogP contribution in [0.2, 0.25) is 0 Å². The van der Waals surface area contributed by atoms with E-state index in [1.54, 1.807) is 0 Å². The Hall–Kier alpha value is -1.70. The molecular weight excluding hydrogens is 208 g/mol. The lowest BCUT2D eigenvalue weighted by molar-refractivity contribution is 1.06. The predicted octanol–water partition coefficient (Wildman–Crippen LogP) is 3.63. The number of nitrogens with zero attached hydrogens (tertiary/aromatic N) is 2. The van der Waals surface area contributed by atoms with E-state index in [1.807, 2.05) is 19.9 Å². The number of hydrogen-bond donors (Lipinski definition) is 0. The zero-order valence-electron chi connectivity index (χ0n) is 10.9. The van der Waals surface area contributed by atoms with Crippen molar-refractivity contribution in [1.29, 1.82) is 0 Å². The van der Waals surface area contributed by atoms with E-state index < -0.39 is 0 Å². The van der Waals surface area contributed by atoms with Crippen molar-refractivity contribution in [2.45, 2.75) is 34.1 Å². The van der Waals surface area contributed by atoms with Gasteiger partial charge < -0.3 is 0 Å². The summed E-state index contributed by atoms with van der Waals surface area (Å²) < 4.78 is 0. The normalized spacial score (nSPS) is 10.6. The third-order valence-electron chi connectivity index (χ3n) is 2.79. The maximum atomic E-state index is 4.51. The quantitative estimate of drug-likeness (QED) is 0.781. The minimum atomic E-state index is 0.834. The van der Waals surface area contributed by atoms with Crippen LogP contribution in [0, 0.1) is 20.8 Å². The first-order valence-electron chi connectivity index (χ1n) is 6.01. The monoisotopic (exact) mass is 226 g/mol. The molecule has 0 amide bonds. The molecule has 0 spiro atoms. The Morgan fingerprint density at radius 2 is 1.53 bits per heavy atom. The molecular formula is C15H18N2. The summed E-state index contributed by atoms with van der Waals surface area (Å²) in [5.41, 5.74) is 5.76. The molecule has 1 heterocycles. The van der Waals surface area contributed by atoms with Crippen LogP contribution in [-0.2, 0) is 6.42 Å². The highest BCUT2D eigenvalue weighted by Gasteiger charge is 2.05. The van der Waals surface area contributed by atoms with Crippen molar-refractivity contribution in [3.05, 3.63) is 46.8 Å². The molecule has 0 radical (unpaired) electrons. The van der Waals surface area contributed by atoms with Crippen molar-refractivity contribution in [2.24, 2.45) is 0 Å². The molecule has 2 aromatic rings. The molecule has 0 bridgehead atoms. The lowest BCUT2D eigenvalue weighted by atomic mass is 10.0. The van der Waals surface area contributed by atoms with Gasteiger partial charge in [-0.3, -0.25) is 0 Å². The lowest BCUT2D eigenvalue weighted by Crippen LogP contribution is -1.95. The van der Waals surface area contributed by atoms with Gasteiger partial charge in [-0.15, -0.1) is 0 Å². The zero-order valence-corrected chi connectivity index (χ0v) is 10.9. The number of aryl methyl sites for hydroxylation is 4. The molecule has 0 saturated heterocycles. The molecule has 2 nitrogen and oxygen atoms in total. The van der Waals surface area contributed by atoms with Gasteiger partial charge in [-0.25, -0.2) is 9.97 Å². The molecule has 17 heavy (non-hydrogen) atoms. The summed E-state index contributed by atoms with van der Waals surface area (Å²) in [7, 11) is 0. The minimum Gasteiger partial charge on any atom is -0.233 e. The van der Waals surface area contributed by atoms with Gasteiger partial charge in [0, 0.05) is 17.0 Å². The predicted molar refractivity (Wildman–Crippen MR) is 71.1 cm³/mol. The van der Waals surface area contributed by atoms with Gasteiger partial charge in [0.1, 0.15) is 0 Å². The van der Waals surface area contributed by atoms with Crippen molar-refractivity contribution in [3.8, 4) is 11.4 Å². The van der Waals surface area contributed by atoms with Gasteiger partial charge in [0.25, 0.3) is 0 Å². The fourth-order valence-corrected chi connectivity index (χ4v) is 2.05. The van der Waals surface area contributed by atoms with Crippen molar-refractivity contribution < 1.29 is 0 Å². The highest BCUT2D eigenvalue weighted by Crippen LogP contribution is 2.20. The molecule has 0 aliphatic heterocycles. The van der Waals surface area contributed by atoms with Gasteiger partial charge in [0.2, 0.25) is 0 Å². The molecule has 1 aromatic heterocycles. The molecule has 88 valence electrons. The number of rotatable bonds is 2. The highest BCUT2D eigenvalue weighted by atomic mass is 14.9. The van der Waals surface area contributed by atoms with Gasteiger partial charge in [-0.05, 0) is 51.0 Å². The SMILES string of the molecule is CCc1cc(C)cc(-c2nc(C)cc(C)n2)c1. The van der Waals surface area contributed by atoms with Crippen LogP contribution in [0.25, 0.3) is 11.4 Å². The third-order valence-corrected chi connectivity index (χ3v) is 2.79. The van der Waals surface area contributed by atoms with E-state index in [9.17, 15) is 0 Å². The van der Waals surface area contributed by atoms with Crippen molar-refractivity contribution >= 4 is 0 Å². The summed E-state index contributed by atoms with van der Waals surface area (Å²) in [6, 6.07) is 8.54. The highest BCUT2D eigenvalue weighted by molar-refractivity contribution is 5.58. The van der Waals surface area contributed by atoms with E-state index in [-0.39, 0.29) is 0 Å². The zero-order chi connectivity index (χ0) is 12.4. The maximum Gasteiger partial charge on any atom is 0.159 e. The fourth-order valence-electron chi connectivity index (χ4n) is 2.05. The average molecular weight is 226 g/mol. The van der Waals surface area contributed by atoms with Crippen LogP contribution in [0.5, 0.6) is 0 Å². The van der Waals surface area contributed by atoms with Gasteiger partial charge in [0.05, 0.1) is 0 Å². The van der Waals surface area contributed by atoms with Crippen molar-refractivity contribution in [2.75, 3.05) is 0 Å². The second-order valence-electron chi connectivity index (χ2n) is 4.54. The van der Waals surface area contributed by atoms with Crippen molar-refractivity contribution in [1.82, 2.24) is 9.97 Å². The summed E-state index contributed by atoms with van der Waals surface area (Å²) in [5.74, 6) is 0.834. The molecule has 2 heteroatoms. The minimum absolute atomic E-state index is 0.834. The first-order chi connectivity index (χ1) is 8.08. The largest absolute Gasteiger partial charge is 0.233 e. The smallest absolute Gasteiger partial charge is 0.159 e. The lowest BCUT2D eigenvalue weighted by Gasteiger charge is -2.07. The van der Waals surface area contributed by atoms with E-state index in [2.05, 4.69) is 42.0 Å². The number of hydrogen-bond acceptors (Lipinski definition) is 2. The van der Waals surface area contributed by atoms with Crippen LogP contribution in [0.1, 0.15) is 29.4 Å². The fraction of sp³-hybridized carbons (Fsp3) is 0.333. The summed E-state index contributed by atoms with van der Waals surface area (Å²) in [6.45, 7) is 8.30. The van der Waals surface area contributed by atoms with Crippen LogP contribution in [0.15, 0.2) is 24.3 Å². The van der Waals surface area contributed by atoms with Crippen LogP contribution in [0.3, 0.4) is 0 Å². The van der Waals surface area contributed by atoms with E-state index in [1.165, 1.54) is 11.1 Å². The summed E-state index contributed by atoms with van der Waals surface area (Å²) in [6.07, 6.45) is 1.04. The first-order valence-corrected chi connectivity index (χ1v) is 6.01. The number of aromatic nitrogens is 2. The Morgan fingerprint density at radius 3 is 2.12 bits per heavy atom. The van der Waals surface area contributed by atoms with Crippen LogP contribution in [0.4, 0.5) is 0 Å². The Bertz CT molecular complexity index is 524. The maximum absolute atomic E-state index is 4.51. The molecule has 0 unspecified atom stereocenters. The van der Waals surface area contributed by atoms with Crippen LogP contribution in [-0.4, -0.2) is 9.97 Å². The molecule has 0 saturated carbocycles. The standard InChI is InChI=1S/C15H18N2/c1-5-13-6-10(2)7-14(9-13)15-16-11(3)8-12(4)17-15/h6-9H,5H2,1-4H3. The van der Waals surface area contributed by atoms with E-state index in [0.717, 1.165) is 29.2 Å². The van der Waals surface area contributed by atoms with E-state index in [4.69, 9.17) is 0 Å². The molecule has 0 N–H and O–H groups in total. The molecule has 0 fully saturated rings. The molecule has 2 rings (SSSR count). The molecule has 0 atom stereocenters. The summed E-state index contributed by atoms with van der Waals surface area (Å²) >= 11 is 0. The molecule has 0 aliphatic rings. The van der Waals surface area contributed by atoms with Gasteiger partial charge in [-0.2, -0.15) is 0 Å². The van der Waals surface area contributed by atoms with Gasteiger partial charge in [0.15, 0.2) is 5.82 Å². The first kappa shape index (κ1) is 11.8. The molecule has 1 aromatic carbocycles. The summed E-state index contributed by atoms with van der Waals surface area (Å²) in [4.78, 5) is 9.02. The van der Waals surface area contributed by atoms with Crippen LogP contribution >= 0.6 is 0 Å². The van der Waals surface area contributed by atoms with Gasteiger partial charge >= 0.3 is 0 Å². The Balaban J connectivity index is 2.55. The average Bonchev–Trinajstić information content (AvgIpc) is 2.26. The Kier molecular flexibility index (Phi) is 3.23. The number of benzene rings is 1. The second kappa shape index (κ2) is 4.66. The Morgan fingerprint density at radius 1 is 0.882 bits per heavy atom. The Labute approximate surface area is 103 Å². The topological polar surface area (TPSA) is 25.8 Å². The van der Waals surface area contributed by atoms with Crippen molar-refractivity contribution in [3.63, 3.8) is 0 Å². The van der Waals surface area contributed by atoms with Gasteiger partial charge in [-0.1, -0.05) is 18.6 Å². The third kappa shape index (κ3) is 2.70. The second-order valence-corrected chi connectivity index (χ2v) is 4.54. The summed E-state index contributed by atoms with van der Waals surface area (Å²) in [5, 5.41) is 0. The van der Waals surface area contributed by atoms with Crippen LogP contribution < -0.4 is 0 Å². The van der Waals surface area contributed by atoms with E-state index in [0.29, 0.717) is 0 Å². The molecule has 0 aliphatic carbocycles. The van der Waals surface area contributed by atoms with E-state index >= 15 is 0 Å².